The largest absolute Gasteiger partial charge is 0.276 e. The standard InChI is InChI=1S/C18H18ClFN4O2S2/c19-14-6-4-7-15(20)13(14)12-27-18-22-21-17-16(8-5-11-24(17)18)28(25,26)23-9-2-1-3-10-23/h4-8,11H,1-3,9-10,12H2. The van der Waals surface area contributed by atoms with Gasteiger partial charge in [-0.2, -0.15) is 4.31 Å². The van der Waals surface area contributed by atoms with Crippen molar-refractivity contribution in [3.05, 3.63) is 52.9 Å². The lowest BCUT2D eigenvalue weighted by atomic mass is 10.2. The summed E-state index contributed by atoms with van der Waals surface area (Å²) < 4.78 is 43.2. The van der Waals surface area contributed by atoms with Crippen molar-refractivity contribution in [3.63, 3.8) is 0 Å². The van der Waals surface area contributed by atoms with E-state index in [0.29, 0.717) is 28.8 Å². The third kappa shape index (κ3) is 3.63. The molecule has 2 aromatic heterocycles. The summed E-state index contributed by atoms with van der Waals surface area (Å²) in [5.41, 5.74) is 0.651. The van der Waals surface area contributed by atoms with Gasteiger partial charge in [-0.25, -0.2) is 12.8 Å². The Bertz CT molecular complexity index is 1090. The number of benzene rings is 1. The van der Waals surface area contributed by atoms with Crippen molar-refractivity contribution in [3.8, 4) is 0 Å². The molecule has 0 spiro atoms. The molecule has 6 nitrogen and oxygen atoms in total. The molecule has 3 aromatic rings. The molecule has 0 aliphatic carbocycles. The molecule has 1 saturated heterocycles. The first-order valence-corrected chi connectivity index (χ1v) is 11.7. The second-order valence-electron chi connectivity index (χ2n) is 6.50. The Balaban J connectivity index is 1.65. The van der Waals surface area contributed by atoms with Crippen LogP contribution >= 0.6 is 23.4 Å². The molecule has 4 rings (SSSR count). The molecule has 1 aliphatic rings. The SMILES string of the molecule is O=S(=O)(c1cccn2c(SCc3c(F)cccc3Cl)nnc12)N1CCCCC1. The van der Waals surface area contributed by atoms with Gasteiger partial charge in [0.2, 0.25) is 10.0 Å². The quantitative estimate of drug-likeness (QED) is 0.561. The Morgan fingerprint density at radius 2 is 1.89 bits per heavy atom. The highest BCUT2D eigenvalue weighted by Crippen LogP contribution is 2.30. The van der Waals surface area contributed by atoms with Gasteiger partial charge in [0.1, 0.15) is 10.7 Å². The summed E-state index contributed by atoms with van der Waals surface area (Å²) in [4.78, 5) is 0.139. The van der Waals surface area contributed by atoms with Gasteiger partial charge >= 0.3 is 0 Å². The van der Waals surface area contributed by atoms with Crippen molar-refractivity contribution in [1.29, 1.82) is 0 Å². The Labute approximate surface area is 171 Å². The summed E-state index contributed by atoms with van der Waals surface area (Å²) >= 11 is 7.33. The van der Waals surface area contributed by atoms with Crippen LogP contribution in [0.4, 0.5) is 4.39 Å². The lowest BCUT2D eigenvalue weighted by Crippen LogP contribution is -2.35. The third-order valence-corrected chi connectivity index (χ3v) is 7.95. The third-order valence-electron chi connectivity index (χ3n) is 4.71. The van der Waals surface area contributed by atoms with E-state index in [-0.39, 0.29) is 22.1 Å². The zero-order valence-electron chi connectivity index (χ0n) is 14.9. The van der Waals surface area contributed by atoms with Gasteiger partial charge in [-0.3, -0.25) is 4.40 Å². The molecule has 148 valence electrons. The van der Waals surface area contributed by atoms with Crippen molar-refractivity contribution < 1.29 is 12.8 Å². The van der Waals surface area contributed by atoms with Gasteiger partial charge in [0.05, 0.1) is 0 Å². The maximum atomic E-state index is 14.0. The number of piperidine rings is 1. The Hall–Kier alpha value is -1.68. The predicted molar refractivity (Wildman–Crippen MR) is 107 cm³/mol. The summed E-state index contributed by atoms with van der Waals surface area (Å²) in [5, 5.41) is 9.03. The monoisotopic (exact) mass is 440 g/mol. The minimum Gasteiger partial charge on any atom is -0.276 e. The van der Waals surface area contributed by atoms with E-state index in [9.17, 15) is 12.8 Å². The van der Waals surface area contributed by atoms with Crippen LogP contribution in [0.1, 0.15) is 24.8 Å². The number of thioether (sulfide) groups is 1. The van der Waals surface area contributed by atoms with E-state index in [1.807, 2.05) is 0 Å². The number of hydrogen-bond acceptors (Lipinski definition) is 5. The summed E-state index contributed by atoms with van der Waals surface area (Å²) in [6.45, 7) is 1.04. The van der Waals surface area contributed by atoms with Crippen LogP contribution < -0.4 is 0 Å². The Kier molecular flexibility index (Phi) is 5.59. The number of hydrogen-bond donors (Lipinski definition) is 0. The molecule has 1 aliphatic heterocycles. The molecular weight excluding hydrogens is 423 g/mol. The van der Waals surface area contributed by atoms with Crippen LogP contribution in [0.2, 0.25) is 5.02 Å². The molecule has 0 bridgehead atoms. The fourth-order valence-corrected chi connectivity index (χ4v) is 6.12. The summed E-state index contributed by atoms with van der Waals surface area (Å²) in [6.07, 6.45) is 4.47. The van der Waals surface area contributed by atoms with E-state index in [4.69, 9.17) is 11.6 Å². The van der Waals surface area contributed by atoms with Crippen LogP contribution in [0.15, 0.2) is 46.6 Å². The van der Waals surface area contributed by atoms with Crippen molar-refractivity contribution in [1.82, 2.24) is 18.9 Å². The molecule has 0 saturated carbocycles. The fourth-order valence-electron chi connectivity index (χ4n) is 3.22. The molecule has 1 aromatic carbocycles. The summed E-state index contributed by atoms with van der Waals surface area (Å²) in [7, 11) is -3.64. The van der Waals surface area contributed by atoms with Crippen LogP contribution in [-0.4, -0.2) is 40.4 Å². The van der Waals surface area contributed by atoms with Crippen molar-refractivity contribution in [2.75, 3.05) is 13.1 Å². The molecule has 0 atom stereocenters. The molecule has 0 unspecified atom stereocenters. The molecule has 1 fully saturated rings. The lowest BCUT2D eigenvalue weighted by molar-refractivity contribution is 0.347. The van der Waals surface area contributed by atoms with E-state index in [2.05, 4.69) is 10.2 Å². The maximum absolute atomic E-state index is 14.0. The first kappa shape index (κ1) is 19.6. The molecule has 0 radical (unpaired) electrons. The number of rotatable bonds is 5. The fraction of sp³-hybridized carbons (Fsp3) is 0.333. The van der Waals surface area contributed by atoms with E-state index in [0.717, 1.165) is 19.3 Å². The zero-order chi connectivity index (χ0) is 19.7. The normalized spacial score (nSPS) is 15.9. The maximum Gasteiger partial charge on any atom is 0.246 e. The van der Waals surface area contributed by atoms with E-state index in [1.54, 1.807) is 34.9 Å². The number of sulfonamides is 1. The summed E-state index contributed by atoms with van der Waals surface area (Å²) in [5.74, 6) is -0.128. The van der Waals surface area contributed by atoms with Crippen LogP contribution in [-0.2, 0) is 15.8 Å². The summed E-state index contributed by atoms with van der Waals surface area (Å²) in [6, 6.07) is 7.75. The van der Waals surface area contributed by atoms with Crippen LogP contribution in [0.5, 0.6) is 0 Å². The highest BCUT2D eigenvalue weighted by Gasteiger charge is 2.29. The molecule has 3 heterocycles. The number of nitrogens with zero attached hydrogens (tertiary/aromatic N) is 4. The Morgan fingerprint density at radius 1 is 1.11 bits per heavy atom. The number of aromatic nitrogens is 3. The van der Waals surface area contributed by atoms with Crippen LogP contribution in [0.3, 0.4) is 0 Å². The Morgan fingerprint density at radius 3 is 2.64 bits per heavy atom. The smallest absolute Gasteiger partial charge is 0.246 e. The lowest BCUT2D eigenvalue weighted by Gasteiger charge is -2.25. The van der Waals surface area contributed by atoms with Crippen molar-refractivity contribution in [2.45, 2.75) is 35.1 Å². The number of fused-ring (bicyclic) bond motifs is 1. The van der Waals surface area contributed by atoms with Gasteiger partial charge in [-0.15, -0.1) is 10.2 Å². The molecule has 0 N–H and O–H groups in total. The van der Waals surface area contributed by atoms with Crippen LogP contribution in [0, 0.1) is 5.82 Å². The molecule has 28 heavy (non-hydrogen) atoms. The second-order valence-corrected chi connectivity index (χ2v) is 9.76. The highest BCUT2D eigenvalue weighted by atomic mass is 35.5. The van der Waals surface area contributed by atoms with Gasteiger partial charge < -0.3 is 0 Å². The highest BCUT2D eigenvalue weighted by molar-refractivity contribution is 7.98. The van der Waals surface area contributed by atoms with Crippen LogP contribution in [0.25, 0.3) is 5.65 Å². The van der Waals surface area contributed by atoms with Gasteiger partial charge in [-0.05, 0) is 37.1 Å². The van der Waals surface area contributed by atoms with Crippen molar-refractivity contribution >= 4 is 39.0 Å². The topological polar surface area (TPSA) is 67.6 Å². The first-order chi connectivity index (χ1) is 13.5. The zero-order valence-corrected chi connectivity index (χ0v) is 17.3. The van der Waals surface area contributed by atoms with E-state index >= 15 is 0 Å². The van der Waals surface area contributed by atoms with Crippen molar-refractivity contribution in [2.24, 2.45) is 0 Å². The van der Waals surface area contributed by atoms with E-state index < -0.39 is 10.0 Å². The second kappa shape index (κ2) is 7.98. The predicted octanol–water partition coefficient (Wildman–Crippen LogP) is 3.99. The molecule has 0 amide bonds. The number of pyridine rings is 1. The first-order valence-electron chi connectivity index (χ1n) is 8.88. The van der Waals surface area contributed by atoms with Gasteiger partial charge in [-0.1, -0.05) is 35.9 Å². The number of halogens is 2. The average molecular weight is 441 g/mol. The minimum atomic E-state index is -3.64. The van der Waals surface area contributed by atoms with E-state index in [1.165, 1.54) is 22.1 Å². The van der Waals surface area contributed by atoms with Gasteiger partial charge in [0, 0.05) is 35.6 Å². The van der Waals surface area contributed by atoms with Gasteiger partial charge in [0.25, 0.3) is 0 Å². The molecular formula is C18H18ClFN4O2S2. The van der Waals surface area contributed by atoms with Gasteiger partial charge in [0.15, 0.2) is 10.8 Å². The molecule has 10 heteroatoms. The average Bonchev–Trinajstić information content (AvgIpc) is 3.11. The minimum absolute atomic E-state index is 0.139.